The molecule has 6 nitrogen and oxygen atoms in total. The van der Waals surface area contributed by atoms with Gasteiger partial charge in [-0.05, 0) is 18.9 Å². The van der Waals surface area contributed by atoms with Crippen molar-refractivity contribution in [2.75, 3.05) is 25.6 Å². The highest BCUT2D eigenvalue weighted by atomic mass is 16.5. The Morgan fingerprint density at radius 1 is 1.47 bits per heavy atom. The molecule has 2 heterocycles. The summed E-state index contributed by atoms with van der Waals surface area (Å²) in [5, 5.41) is 1.96. The molecule has 0 radical (unpaired) electrons. The Hall–Kier alpha value is -1.24. The Balaban J connectivity index is 1.94. The van der Waals surface area contributed by atoms with Crippen molar-refractivity contribution >= 4 is 5.95 Å². The van der Waals surface area contributed by atoms with Gasteiger partial charge in [-0.15, -0.1) is 0 Å². The summed E-state index contributed by atoms with van der Waals surface area (Å²) in [6.07, 6.45) is 5.39. The standard InChI is InChI=1S/C11H19N5O/c1-17-9-10-5-7-12-11(14-10)15-16-8-4-2-3-6-13-16/h5,7,13H,2-4,6,8-9H2,1H3,(H,12,14,15). The van der Waals surface area contributed by atoms with Gasteiger partial charge in [0.25, 0.3) is 0 Å². The molecular formula is C11H19N5O. The second-order valence-corrected chi connectivity index (χ2v) is 4.04. The van der Waals surface area contributed by atoms with E-state index in [4.69, 9.17) is 4.74 Å². The summed E-state index contributed by atoms with van der Waals surface area (Å²) >= 11 is 0. The average Bonchev–Trinajstić information content (AvgIpc) is 2.59. The van der Waals surface area contributed by atoms with Crippen LogP contribution < -0.4 is 10.9 Å². The molecule has 0 spiro atoms. The van der Waals surface area contributed by atoms with Crippen molar-refractivity contribution in [2.45, 2.75) is 25.9 Å². The van der Waals surface area contributed by atoms with E-state index in [9.17, 15) is 0 Å². The molecule has 0 aliphatic carbocycles. The number of nitrogens with zero attached hydrogens (tertiary/aromatic N) is 3. The molecule has 94 valence electrons. The van der Waals surface area contributed by atoms with Crippen molar-refractivity contribution in [1.29, 1.82) is 0 Å². The smallest absolute Gasteiger partial charge is 0.238 e. The first kappa shape index (κ1) is 12.2. The molecule has 17 heavy (non-hydrogen) atoms. The van der Waals surface area contributed by atoms with E-state index >= 15 is 0 Å². The van der Waals surface area contributed by atoms with Gasteiger partial charge >= 0.3 is 0 Å². The van der Waals surface area contributed by atoms with Crippen molar-refractivity contribution in [1.82, 2.24) is 20.5 Å². The molecule has 0 bridgehead atoms. The van der Waals surface area contributed by atoms with Crippen LogP contribution in [-0.4, -0.2) is 35.3 Å². The summed E-state index contributed by atoms with van der Waals surface area (Å²) in [5.41, 5.74) is 7.33. The molecule has 0 atom stereocenters. The van der Waals surface area contributed by atoms with E-state index in [0.29, 0.717) is 12.6 Å². The van der Waals surface area contributed by atoms with E-state index in [0.717, 1.165) is 18.8 Å². The van der Waals surface area contributed by atoms with Crippen LogP contribution in [0, 0.1) is 0 Å². The number of hydrogen-bond donors (Lipinski definition) is 2. The fraction of sp³-hybridized carbons (Fsp3) is 0.636. The van der Waals surface area contributed by atoms with Crippen LogP contribution in [0.1, 0.15) is 25.0 Å². The van der Waals surface area contributed by atoms with Gasteiger partial charge in [0.15, 0.2) is 0 Å². The largest absolute Gasteiger partial charge is 0.378 e. The quantitative estimate of drug-likeness (QED) is 0.812. The Kier molecular flexibility index (Phi) is 4.66. The van der Waals surface area contributed by atoms with E-state index in [1.54, 1.807) is 13.3 Å². The van der Waals surface area contributed by atoms with Gasteiger partial charge in [0.1, 0.15) is 0 Å². The summed E-state index contributed by atoms with van der Waals surface area (Å²) < 4.78 is 5.05. The zero-order valence-corrected chi connectivity index (χ0v) is 10.1. The maximum Gasteiger partial charge on any atom is 0.238 e. The van der Waals surface area contributed by atoms with Crippen LogP contribution in [0.4, 0.5) is 5.95 Å². The van der Waals surface area contributed by atoms with Crippen molar-refractivity contribution in [3.05, 3.63) is 18.0 Å². The third-order valence-corrected chi connectivity index (χ3v) is 2.60. The predicted molar refractivity (Wildman–Crippen MR) is 64.9 cm³/mol. The highest BCUT2D eigenvalue weighted by Crippen LogP contribution is 2.05. The Bertz CT molecular complexity index is 338. The number of hydrogen-bond acceptors (Lipinski definition) is 6. The Morgan fingerprint density at radius 2 is 2.41 bits per heavy atom. The van der Waals surface area contributed by atoms with Gasteiger partial charge in [0.05, 0.1) is 12.3 Å². The molecule has 1 aromatic heterocycles. The maximum absolute atomic E-state index is 5.05. The monoisotopic (exact) mass is 237 g/mol. The minimum absolute atomic E-state index is 0.505. The molecule has 1 aliphatic heterocycles. The number of hydrazine groups is 2. The lowest BCUT2D eigenvalue weighted by Gasteiger charge is -2.21. The number of methoxy groups -OCH3 is 1. The molecule has 0 amide bonds. The van der Waals surface area contributed by atoms with E-state index in [2.05, 4.69) is 20.8 Å². The van der Waals surface area contributed by atoms with Gasteiger partial charge in [-0.3, -0.25) is 5.43 Å². The summed E-state index contributed by atoms with van der Waals surface area (Å²) in [5.74, 6) is 0.606. The topological polar surface area (TPSA) is 62.3 Å². The summed E-state index contributed by atoms with van der Waals surface area (Å²) in [4.78, 5) is 8.55. The van der Waals surface area contributed by atoms with Crippen LogP contribution in [0.2, 0.25) is 0 Å². The van der Waals surface area contributed by atoms with Crippen LogP contribution in [-0.2, 0) is 11.3 Å². The summed E-state index contributed by atoms with van der Waals surface area (Å²) in [6, 6.07) is 1.85. The lowest BCUT2D eigenvalue weighted by molar-refractivity contribution is 0.181. The lowest BCUT2D eigenvalue weighted by Crippen LogP contribution is -2.42. The molecule has 1 fully saturated rings. The Labute approximate surface area is 101 Å². The maximum atomic E-state index is 5.05. The number of aromatic nitrogens is 2. The van der Waals surface area contributed by atoms with Crippen LogP contribution >= 0.6 is 0 Å². The third kappa shape index (κ3) is 3.92. The van der Waals surface area contributed by atoms with Crippen LogP contribution in [0.15, 0.2) is 12.3 Å². The fourth-order valence-electron chi connectivity index (χ4n) is 1.76. The molecule has 0 saturated carbocycles. The van der Waals surface area contributed by atoms with Gasteiger partial charge in [-0.1, -0.05) is 6.42 Å². The van der Waals surface area contributed by atoms with Crippen LogP contribution in [0.25, 0.3) is 0 Å². The molecule has 0 unspecified atom stereocenters. The molecule has 0 aromatic carbocycles. The first-order valence-corrected chi connectivity index (χ1v) is 5.97. The second-order valence-electron chi connectivity index (χ2n) is 4.04. The third-order valence-electron chi connectivity index (χ3n) is 2.60. The second kappa shape index (κ2) is 6.48. The van der Waals surface area contributed by atoms with E-state index < -0.39 is 0 Å². The Morgan fingerprint density at radius 3 is 3.29 bits per heavy atom. The van der Waals surface area contributed by atoms with Crippen molar-refractivity contribution in [3.8, 4) is 0 Å². The van der Waals surface area contributed by atoms with Crippen LogP contribution in [0.5, 0.6) is 0 Å². The molecule has 1 aliphatic rings. The summed E-state index contributed by atoms with van der Waals surface area (Å²) in [7, 11) is 1.66. The first-order chi connectivity index (χ1) is 8.38. The highest BCUT2D eigenvalue weighted by molar-refractivity contribution is 5.23. The first-order valence-electron chi connectivity index (χ1n) is 5.97. The molecule has 2 N–H and O–H groups in total. The highest BCUT2D eigenvalue weighted by Gasteiger charge is 2.09. The van der Waals surface area contributed by atoms with Crippen LogP contribution in [0.3, 0.4) is 0 Å². The van der Waals surface area contributed by atoms with Crippen molar-refractivity contribution in [2.24, 2.45) is 0 Å². The van der Waals surface area contributed by atoms with Gasteiger partial charge < -0.3 is 4.74 Å². The molecular weight excluding hydrogens is 218 g/mol. The summed E-state index contributed by atoms with van der Waals surface area (Å²) in [6.45, 7) is 2.45. The molecule has 2 rings (SSSR count). The minimum atomic E-state index is 0.505. The number of ether oxygens (including phenoxy) is 1. The van der Waals surface area contributed by atoms with Gasteiger partial charge in [0, 0.05) is 26.4 Å². The SMILES string of the molecule is COCc1ccnc(NN2CCCCCN2)n1. The van der Waals surface area contributed by atoms with Gasteiger partial charge in [0.2, 0.25) is 5.95 Å². The van der Waals surface area contributed by atoms with Crippen molar-refractivity contribution < 1.29 is 4.74 Å². The zero-order chi connectivity index (χ0) is 11.9. The molecule has 6 heteroatoms. The molecule has 1 saturated heterocycles. The molecule has 1 aromatic rings. The fourth-order valence-corrected chi connectivity index (χ4v) is 1.76. The van der Waals surface area contributed by atoms with E-state index in [1.807, 2.05) is 11.2 Å². The van der Waals surface area contributed by atoms with E-state index in [1.165, 1.54) is 19.3 Å². The number of nitrogens with one attached hydrogen (secondary N) is 2. The lowest BCUT2D eigenvalue weighted by atomic mass is 10.2. The predicted octanol–water partition coefficient (Wildman–Crippen LogP) is 0.940. The van der Waals surface area contributed by atoms with Gasteiger partial charge in [-0.2, -0.15) is 5.12 Å². The van der Waals surface area contributed by atoms with Crippen molar-refractivity contribution in [3.63, 3.8) is 0 Å². The van der Waals surface area contributed by atoms with Gasteiger partial charge in [-0.25, -0.2) is 15.4 Å². The van der Waals surface area contributed by atoms with E-state index in [-0.39, 0.29) is 0 Å². The number of rotatable bonds is 4. The normalized spacial score (nSPS) is 17.7. The average molecular weight is 237 g/mol. The zero-order valence-electron chi connectivity index (χ0n) is 10.1. The minimum Gasteiger partial charge on any atom is -0.378 e. The number of anilines is 1.